The highest BCUT2D eigenvalue weighted by atomic mass is 32.1. The van der Waals surface area contributed by atoms with Crippen LogP contribution >= 0.6 is 11.3 Å². The molecule has 1 aromatic rings. The highest BCUT2D eigenvalue weighted by molar-refractivity contribution is 7.12. The Balaban J connectivity index is 1.43. The van der Waals surface area contributed by atoms with Crippen LogP contribution in [0.4, 0.5) is 0 Å². The summed E-state index contributed by atoms with van der Waals surface area (Å²) in [6, 6.07) is 2.45. The summed E-state index contributed by atoms with van der Waals surface area (Å²) in [5, 5.41) is 3.69. The van der Waals surface area contributed by atoms with Gasteiger partial charge in [0.15, 0.2) is 0 Å². The molecular weight excluding hydrogens is 238 g/mol. The molecule has 0 saturated heterocycles. The van der Waals surface area contributed by atoms with Crippen LogP contribution in [0, 0.1) is 11.8 Å². The Hall–Kier alpha value is -0.340. The SMILES string of the molecule is CC1CCCC(CNCc2cc3c(s2)CCC3)C1. The maximum absolute atomic E-state index is 3.69. The molecule has 2 aliphatic rings. The van der Waals surface area contributed by atoms with Crippen molar-refractivity contribution in [3.63, 3.8) is 0 Å². The van der Waals surface area contributed by atoms with E-state index in [1.807, 2.05) is 11.3 Å². The molecule has 3 rings (SSSR count). The zero-order valence-corrected chi connectivity index (χ0v) is 12.3. The van der Waals surface area contributed by atoms with E-state index in [-0.39, 0.29) is 0 Å². The number of hydrogen-bond donors (Lipinski definition) is 1. The smallest absolute Gasteiger partial charge is 0.0300 e. The topological polar surface area (TPSA) is 12.0 Å². The Morgan fingerprint density at radius 3 is 3.06 bits per heavy atom. The summed E-state index contributed by atoms with van der Waals surface area (Å²) in [5.74, 6) is 1.89. The number of aryl methyl sites for hydroxylation is 2. The molecule has 1 fully saturated rings. The lowest BCUT2D eigenvalue weighted by molar-refractivity contribution is 0.274. The monoisotopic (exact) mass is 263 g/mol. The minimum absolute atomic E-state index is 0.931. The van der Waals surface area contributed by atoms with E-state index < -0.39 is 0 Å². The van der Waals surface area contributed by atoms with Crippen LogP contribution in [0.1, 0.15) is 54.3 Å². The molecule has 2 heteroatoms. The first-order valence-corrected chi connectivity index (χ1v) is 8.44. The van der Waals surface area contributed by atoms with Gasteiger partial charge >= 0.3 is 0 Å². The molecule has 100 valence electrons. The van der Waals surface area contributed by atoms with Crippen molar-refractivity contribution in [3.8, 4) is 0 Å². The molecule has 0 radical (unpaired) electrons. The summed E-state index contributed by atoms with van der Waals surface area (Å²) in [7, 11) is 0. The summed E-state index contributed by atoms with van der Waals surface area (Å²) in [5.41, 5.74) is 1.64. The van der Waals surface area contributed by atoms with Crippen molar-refractivity contribution in [1.82, 2.24) is 5.32 Å². The third kappa shape index (κ3) is 2.97. The van der Waals surface area contributed by atoms with Gasteiger partial charge in [0.2, 0.25) is 0 Å². The largest absolute Gasteiger partial charge is 0.312 e. The van der Waals surface area contributed by atoms with Gasteiger partial charge in [-0.2, -0.15) is 0 Å². The summed E-state index contributed by atoms with van der Waals surface area (Å²) in [6.45, 7) is 4.74. The first kappa shape index (κ1) is 12.7. The standard InChI is InChI=1S/C16H25NS/c1-12-4-2-5-13(8-12)10-17-11-15-9-14-6-3-7-16(14)18-15/h9,12-13,17H,2-8,10-11H2,1H3. The van der Waals surface area contributed by atoms with E-state index in [1.165, 1.54) is 51.5 Å². The molecule has 0 spiro atoms. The third-order valence-corrected chi connectivity index (χ3v) is 5.81. The van der Waals surface area contributed by atoms with Crippen LogP contribution in [0.3, 0.4) is 0 Å². The van der Waals surface area contributed by atoms with Gasteiger partial charge in [-0.1, -0.05) is 19.8 Å². The molecule has 1 nitrogen and oxygen atoms in total. The lowest BCUT2D eigenvalue weighted by Gasteiger charge is -2.26. The summed E-state index contributed by atoms with van der Waals surface area (Å²) in [4.78, 5) is 3.22. The van der Waals surface area contributed by atoms with Gasteiger partial charge in [-0.15, -0.1) is 11.3 Å². The number of fused-ring (bicyclic) bond motifs is 1. The van der Waals surface area contributed by atoms with Crippen molar-refractivity contribution in [2.75, 3.05) is 6.54 Å². The van der Waals surface area contributed by atoms with Crippen LogP contribution in [-0.4, -0.2) is 6.54 Å². The lowest BCUT2D eigenvalue weighted by atomic mass is 9.82. The van der Waals surface area contributed by atoms with E-state index in [0.717, 1.165) is 18.4 Å². The predicted molar refractivity (Wildman–Crippen MR) is 79.2 cm³/mol. The van der Waals surface area contributed by atoms with E-state index in [1.54, 1.807) is 15.3 Å². The first-order valence-electron chi connectivity index (χ1n) is 7.62. The van der Waals surface area contributed by atoms with Crippen molar-refractivity contribution < 1.29 is 0 Å². The zero-order valence-electron chi connectivity index (χ0n) is 11.5. The van der Waals surface area contributed by atoms with Gasteiger partial charge in [0, 0.05) is 16.3 Å². The third-order valence-electron chi connectivity index (χ3n) is 4.57. The minimum atomic E-state index is 0.931. The Morgan fingerprint density at radius 2 is 2.22 bits per heavy atom. The molecule has 0 amide bonds. The second kappa shape index (κ2) is 5.75. The highest BCUT2D eigenvalue weighted by Gasteiger charge is 2.19. The fourth-order valence-corrected chi connectivity index (χ4v) is 4.85. The van der Waals surface area contributed by atoms with Crippen LogP contribution in [-0.2, 0) is 19.4 Å². The molecule has 1 heterocycles. The van der Waals surface area contributed by atoms with Crippen LogP contribution in [0.25, 0.3) is 0 Å². The van der Waals surface area contributed by atoms with Crippen molar-refractivity contribution in [3.05, 3.63) is 21.4 Å². The van der Waals surface area contributed by atoms with Gasteiger partial charge in [-0.25, -0.2) is 0 Å². The van der Waals surface area contributed by atoms with Crippen molar-refractivity contribution >= 4 is 11.3 Å². The fraction of sp³-hybridized carbons (Fsp3) is 0.750. The maximum Gasteiger partial charge on any atom is 0.0300 e. The quantitative estimate of drug-likeness (QED) is 0.860. The normalized spacial score (nSPS) is 27.4. The van der Waals surface area contributed by atoms with Crippen molar-refractivity contribution in [1.29, 1.82) is 0 Å². The van der Waals surface area contributed by atoms with Crippen molar-refractivity contribution in [2.45, 2.75) is 58.4 Å². The van der Waals surface area contributed by atoms with Gasteiger partial charge in [0.1, 0.15) is 0 Å². The van der Waals surface area contributed by atoms with Gasteiger partial charge < -0.3 is 5.32 Å². The van der Waals surface area contributed by atoms with E-state index in [2.05, 4.69) is 18.3 Å². The summed E-state index contributed by atoms with van der Waals surface area (Å²) >= 11 is 2.05. The second-order valence-corrected chi connectivity index (χ2v) is 7.50. The van der Waals surface area contributed by atoms with Gasteiger partial charge in [-0.05, 0) is 62.1 Å². The van der Waals surface area contributed by atoms with Crippen molar-refractivity contribution in [2.24, 2.45) is 11.8 Å². The molecule has 18 heavy (non-hydrogen) atoms. The molecule has 1 N–H and O–H groups in total. The number of rotatable bonds is 4. The summed E-state index contributed by atoms with van der Waals surface area (Å²) < 4.78 is 0. The van der Waals surface area contributed by atoms with Gasteiger partial charge in [0.25, 0.3) is 0 Å². The molecule has 1 aromatic heterocycles. The molecule has 0 aliphatic heterocycles. The summed E-state index contributed by atoms with van der Waals surface area (Å²) in [6.07, 6.45) is 9.82. The minimum Gasteiger partial charge on any atom is -0.312 e. The number of nitrogens with one attached hydrogen (secondary N) is 1. The highest BCUT2D eigenvalue weighted by Crippen LogP contribution is 2.31. The Labute approximate surface area is 115 Å². The van der Waals surface area contributed by atoms with Gasteiger partial charge in [0.05, 0.1) is 0 Å². The average molecular weight is 263 g/mol. The van der Waals surface area contributed by atoms with E-state index in [9.17, 15) is 0 Å². The Morgan fingerprint density at radius 1 is 1.28 bits per heavy atom. The van der Waals surface area contributed by atoms with Crippen LogP contribution in [0.2, 0.25) is 0 Å². The van der Waals surface area contributed by atoms with E-state index in [0.29, 0.717) is 0 Å². The van der Waals surface area contributed by atoms with Crippen LogP contribution < -0.4 is 5.32 Å². The maximum atomic E-state index is 3.69. The molecule has 2 atom stereocenters. The molecule has 2 unspecified atom stereocenters. The predicted octanol–water partition coefficient (Wildman–Crippen LogP) is 4.15. The van der Waals surface area contributed by atoms with Gasteiger partial charge in [-0.3, -0.25) is 0 Å². The first-order chi connectivity index (χ1) is 8.81. The Kier molecular flexibility index (Phi) is 4.05. The van der Waals surface area contributed by atoms with Crippen LogP contribution in [0.15, 0.2) is 6.07 Å². The second-order valence-electron chi connectivity index (χ2n) is 6.28. The van der Waals surface area contributed by atoms with E-state index in [4.69, 9.17) is 0 Å². The zero-order chi connectivity index (χ0) is 12.4. The average Bonchev–Trinajstić information content (AvgIpc) is 2.89. The fourth-order valence-electron chi connectivity index (χ4n) is 3.62. The number of hydrogen-bond acceptors (Lipinski definition) is 2. The lowest BCUT2D eigenvalue weighted by Crippen LogP contribution is -2.26. The molecule has 1 saturated carbocycles. The Bertz CT molecular complexity index is 374. The van der Waals surface area contributed by atoms with E-state index >= 15 is 0 Å². The molecule has 0 bridgehead atoms. The molecule has 2 aliphatic carbocycles. The van der Waals surface area contributed by atoms with Crippen LogP contribution in [0.5, 0.6) is 0 Å². The molecular formula is C16H25NS. The molecule has 0 aromatic carbocycles. The number of thiophene rings is 1.